The van der Waals surface area contributed by atoms with Crippen LogP contribution in [0.25, 0.3) is 0 Å². The minimum atomic E-state index is -0.217. The molecule has 0 aliphatic rings. The summed E-state index contributed by atoms with van der Waals surface area (Å²) in [7, 11) is 0. The molecule has 0 aromatic rings. The quantitative estimate of drug-likeness (QED) is 0.532. The number of rotatable bonds is 4. The van der Waals surface area contributed by atoms with Crippen molar-refractivity contribution >= 4 is 0 Å². The first-order chi connectivity index (χ1) is 3.41. The summed E-state index contributed by atoms with van der Waals surface area (Å²) in [4.78, 5) is 0. The van der Waals surface area contributed by atoms with Gasteiger partial charge in [-0.3, -0.25) is 0 Å². The number of hydrogen-bond donors (Lipinski definition) is 0. The van der Waals surface area contributed by atoms with Gasteiger partial charge in [0.05, 0.1) is 0 Å². The van der Waals surface area contributed by atoms with Crippen LogP contribution >= 0.6 is 0 Å². The summed E-state index contributed by atoms with van der Waals surface area (Å²) in [5.74, 6) is 0. The van der Waals surface area contributed by atoms with Crippen LogP contribution in [0.2, 0.25) is 4.18 Å². The second kappa shape index (κ2) is 6.83. The molecule has 0 saturated carbocycles. The van der Waals surface area contributed by atoms with Gasteiger partial charge in [0.15, 0.2) is 0 Å². The fourth-order valence-electron chi connectivity index (χ4n) is 0.319. The predicted molar refractivity (Wildman–Crippen MR) is 26.7 cm³/mol. The van der Waals surface area contributed by atoms with Gasteiger partial charge in [0, 0.05) is 0 Å². The fraction of sp³-hybridized carbons (Fsp3) is 1.00. The van der Waals surface area contributed by atoms with Gasteiger partial charge in [-0.2, -0.15) is 0 Å². The monoisotopic (exact) mass is 133 g/mol. The summed E-state index contributed by atoms with van der Waals surface area (Å²) in [5, 5.41) is 0. The molecular formula is C5H12OSc. The Hall–Kier alpha value is 0.830. The van der Waals surface area contributed by atoms with Gasteiger partial charge in [-0.05, 0) is 0 Å². The third-order valence-electron chi connectivity index (χ3n) is 0.691. The van der Waals surface area contributed by atoms with E-state index in [-0.39, 0.29) is 23.3 Å². The van der Waals surface area contributed by atoms with E-state index in [1.54, 1.807) is 0 Å². The van der Waals surface area contributed by atoms with Crippen molar-refractivity contribution in [2.24, 2.45) is 0 Å². The van der Waals surface area contributed by atoms with Gasteiger partial charge in [-0.1, -0.05) is 0 Å². The van der Waals surface area contributed by atoms with E-state index in [1.807, 2.05) is 0 Å². The van der Waals surface area contributed by atoms with Crippen molar-refractivity contribution in [3.63, 3.8) is 0 Å². The summed E-state index contributed by atoms with van der Waals surface area (Å²) in [6, 6.07) is 0. The molecule has 0 aromatic heterocycles. The van der Waals surface area contributed by atoms with Crippen molar-refractivity contribution in [1.82, 2.24) is 0 Å². The van der Waals surface area contributed by atoms with Crippen LogP contribution < -0.4 is 0 Å². The average molecular weight is 133 g/mol. The molecule has 41 valence electrons. The molecule has 0 atom stereocenters. The van der Waals surface area contributed by atoms with Crippen molar-refractivity contribution in [1.29, 1.82) is 0 Å². The second-order valence-electron chi connectivity index (χ2n) is 1.41. The standard InChI is InChI=1S/C3H7.C2H5O.Sc/c1-3-2;1-2-3;/h1,3H2,2H3;2H2,1H3;/q;-1;+1. The molecule has 2 heteroatoms. The molecular weight excluding hydrogens is 121 g/mol. The molecule has 0 rings (SSSR count). The Morgan fingerprint density at radius 3 is 2.57 bits per heavy atom. The van der Waals surface area contributed by atoms with Crippen LogP contribution in [0, 0.1) is 0 Å². The maximum atomic E-state index is 5.23. The third-order valence-corrected chi connectivity index (χ3v) is 2.85. The van der Waals surface area contributed by atoms with E-state index < -0.39 is 0 Å². The van der Waals surface area contributed by atoms with Crippen LogP contribution in [0.1, 0.15) is 20.3 Å². The van der Waals surface area contributed by atoms with E-state index >= 15 is 0 Å². The summed E-state index contributed by atoms with van der Waals surface area (Å²) in [5.41, 5.74) is 0. The van der Waals surface area contributed by atoms with Crippen molar-refractivity contribution < 1.29 is 26.2 Å². The van der Waals surface area contributed by atoms with Gasteiger partial charge in [0.2, 0.25) is 0 Å². The van der Waals surface area contributed by atoms with Crippen LogP contribution in [-0.4, -0.2) is 6.61 Å². The molecule has 0 bridgehead atoms. The topological polar surface area (TPSA) is 9.23 Å². The van der Waals surface area contributed by atoms with Crippen LogP contribution in [0.5, 0.6) is 0 Å². The zero-order valence-electron chi connectivity index (χ0n) is 5.11. The van der Waals surface area contributed by atoms with E-state index in [4.69, 9.17) is 2.85 Å². The Labute approximate surface area is 57.4 Å². The Morgan fingerprint density at radius 1 is 1.43 bits per heavy atom. The van der Waals surface area contributed by atoms with E-state index in [0.717, 1.165) is 6.61 Å². The minimum absolute atomic E-state index is 0.217. The first-order valence-corrected chi connectivity index (χ1v) is 4.86. The molecule has 0 saturated heterocycles. The van der Waals surface area contributed by atoms with E-state index in [9.17, 15) is 0 Å². The molecule has 0 aromatic carbocycles. The summed E-state index contributed by atoms with van der Waals surface area (Å²) in [6.07, 6.45) is 1.31. The molecule has 0 aliphatic carbocycles. The van der Waals surface area contributed by atoms with Crippen molar-refractivity contribution in [2.45, 2.75) is 24.4 Å². The second-order valence-corrected chi connectivity index (χ2v) is 3.35. The Balaban J connectivity index is 2.45. The van der Waals surface area contributed by atoms with Crippen LogP contribution in [-0.2, 0) is 26.2 Å². The van der Waals surface area contributed by atoms with Gasteiger partial charge in [0.1, 0.15) is 0 Å². The van der Waals surface area contributed by atoms with Crippen LogP contribution in [0.3, 0.4) is 0 Å². The molecule has 0 fully saturated rings. The summed E-state index contributed by atoms with van der Waals surface area (Å²) in [6.45, 7) is 5.20. The Kier molecular flexibility index (Phi) is 7.64. The van der Waals surface area contributed by atoms with Gasteiger partial charge in [0.25, 0.3) is 0 Å². The van der Waals surface area contributed by atoms with Gasteiger partial charge in [-0.15, -0.1) is 0 Å². The van der Waals surface area contributed by atoms with E-state index in [1.165, 1.54) is 10.6 Å². The molecule has 0 N–H and O–H groups in total. The van der Waals surface area contributed by atoms with Crippen molar-refractivity contribution in [2.75, 3.05) is 6.61 Å². The first kappa shape index (κ1) is 7.83. The van der Waals surface area contributed by atoms with Crippen molar-refractivity contribution in [3.8, 4) is 0 Å². The van der Waals surface area contributed by atoms with Gasteiger partial charge < -0.3 is 0 Å². The molecule has 0 aliphatic heterocycles. The number of hydrogen-bond acceptors (Lipinski definition) is 1. The fourth-order valence-corrected chi connectivity index (χ4v) is 1.32. The summed E-state index contributed by atoms with van der Waals surface area (Å²) >= 11 is -0.217. The predicted octanol–water partition coefficient (Wildman–Crippen LogP) is 1.85. The third kappa shape index (κ3) is 6.83. The molecule has 0 unspecified atom stereocenters. The van der Waals surface area contributed by atoms with Gasteiger partial charge >= 0.3 is 57.2 Å². The Morgan fingerprint density at radius 2 is 2.14 bits per heavy atom. The molecule has 0 spiro atoms. The summed E-state index contributed by atoms with van der Waals surface area (Å²) < 4.78 is 6.59. The zero-order chi connectivity index (χ0) is 5.54. The SMILES string of the molecule is CC[CH2][Sc][O]CC. The van der Waals surface area contributed by atoms with Crippen molar-refractivity contribution in [3.05, 3.63) is 0 Å². The van der Waals surface area contributed by atoms with Gasteiger partial charge in [-0.25, -0.2) is 0 Å². The van der Waals surface area contributed by atoms with Crippen LogP contribution in [0.4, 0.5) is 0 Å². The molecule has 1 nitrogen and oxygen atoms in total. The molecule has 0 heterocycles. The average Bonchev–Trinajstić information content (AvgIpc) is 1.69. The zero-order valence-corrected chi connectivity index (χ0v) is 6.91. The van der Waals surface area contributed by atoms with E-state index in [2.05, 4.69) is 13.8 Å². The molecule has 7 heavy (non-hydrogen) atoms. The maximum absolute atomic E-state index is 5.23. The first-order valence-electron chi connectivity index (χ1n) is 2.85. The van der Waals surface area contributed by atoms with E-state index in [0.29, 0.717) is 0 Å². The Bertz CT molecular complexity index is 27.3. The molecule has 0 radical (unpaired) electrons. The van der Waals surface area contributed by atoms with Crippen LogP contribution in [0.15, 0.2) is 0 Å². The normalized spacial score (nSPS) is 8.29. The molecule has 0 amide bonds.